The number of benzene rings is 2. The Balaban J connectivity index is 1.92. The number of morpholine rings is 1. The second kappa shape index (κ2) is 9.20. The van der Waals surface area contributed by atoms with Crippen molar-refractivity contribution in [2.45, 2.75) is 26.6 Å². The molecular formula is C23H24F3N3O3. The first-order valence-corrected chi connectivity index (χ1v) is 10.3. The van der Waals surface area contributed by atoms with Crippen molar-refractivity contribution in [1.82, 2.24) is 9.55 Å². The van der Waals surface area contributed by atoms with Gasteiger partial charge in [0.05, 0.1) is 31.4 Å². The number of anilines is 1. The average Bonchev–Trinajstić information content (AvgIpc) is 3.18. The molecule has 0 radical (unpaired) electrons. The zero-order valence-electron chi connectivity index (χ0n) is 17.9. The van der Waals surface area contributed by atoms with Gasteiger partial charge in [0.1, 0.15) is 12.2 Å². The summed E-state index contributed by atoms with van der Waals surface area (Å²) in [7, 11) is 1.24. The van der Waals surface area contributed by atoms with Crippen molar-refractivity contribution in [3.8, 4) is 0 Å². The smallest absolute Gasteiger partial charge is 0.340 e. The molecule has 4 rings (SSSR count). The Labute approximate surface area is 183 Å². The topological polar surface area (TPSA) is 56.6 Å². The summed E-state index contributed by atoms with van der Waals surface area (Å²) in [5, 5.41) is 0. The molecule has 0 aliphatic carbocycles. The monoisotopic (exact) mass is 447 g/mol. The highest BCUT2D eigenvalue weighted by Gasteiger charge is 2.26. The third-order valence-corrected chi connectivity index (χ3v) is 5.88. The van der Waals surface area contributed by atoms with Crippen molar-refractivity contribution in [3.63, 3.8) is 0 Å². The molecular weight excluding hydrogens is 423 g/mol. The minimum atomic E-state index is -2.86. The summed E-state index contributed by atoms with van der Waals surface area (Å²) in [4.78, 5) is 18.7. The molecule has 0 atom stereocenters. The van der Waals surface area contributed by atoms with Crippen molar-refractivity contribution < 1.29 is 27.4 Å². The first-order chi connectivity index (χ1) is 15.4. The molecule has 3 aromatic rings. The van der Waals surface area contributed by atoms with E-state index in [1.165, 1.54) is 11.7 Å². The lowest BCUT2D eigenvalue weighted by molar-refractivity contribution is 0.0602. The van der Waals surface area contributed by atoms with Gasteiger partial charge in [0.2, 0.25) is 0 Å². The molecule has 9 heteroatoms. The van der Waals surface area contributed by atoms with Crippen LogP contribution in [-0.2, 0) is 22.7 Å². The normalized spacial score (nSPS) is 14.4. The SMILES string of the molecule is COC(=O)c1cc(N2CCOCC2)cc2c1nc(C(F)F)n2Cc1cccc(CF)c1C. The second-order valence-electron chi connectivity index (χ2n) is 7.64. The summed E-state index contributed by atoms with van der Waals surface area (Å²) in [5.41, 5.74) is 3.30. The van der Waals surface area contributed by atoms with Gasteiger partial charge in [-0.3, -0.25) is 0 Å². The Bertz CT molecular complexity index is 1140. The van der Waals surface area contributed by atoms with E-state index in [-0.39, 0.29) is 17.6 Å². The van der Waals surface area contributed by atoms with E-state index < -0.39 is 24.9 Å². The molecule has 1 aliphatic rings. The van der Waals surface area contributed by atoms with Gasteiger partial charge in [0.25, 0.3) is 6.43 Å². The minimum Gasteiger partial charge on any atom is -0.465 e. The number of hydrogen-bond acceptors (Lipinski definition) is 5. The van der Waals surface area contributed by atoms with Gasteiger partial charge in [-0.05, 0) is 35.7 Å². The second-order valence-corrected chi connectivity index (χ2v) is 7.64. The molecule has 1 saturated heterocycles. The highest BCUT2D eigenvalue weighted by atomic mass is 19.3. The van der Waals surface area contributed by atoms with E-state index >= 15 is 0 Å². The summed E-state index contributed by atoms with van der Waals surface area (Å²) in [6.45, 7) is 3.48. The number of rotatable bonds is 6. The molecule has 0 bridgehead atoms. The largest absolute Gasteiger partial charge is 0.465 e. The van der Waals surface area contributed by atoms with E-state index in [0.29, 0.717) is 54.2 Å². The Morgan fingerprint density at radius 1 is 1.22 bits per heavy atom. The average molecular weight is 447 g/mol. The molecule has 1 aromatic heterocycles. The lowest BCUT2D eigenvalue weighted by Crippen LogP contribution is -2.36. The predicted octanol–water partition coefficient (Wildman–Crippen LogP) is 4.42. The Kier molecular flexibility index (Phi) is 6.36. The highest BCUT2D eigenvalue weighted by molar-refractivity contribution is 6.04. The van der Waals surface area contributed by atoms with E-state index in [9.17, 15) is 18.0 Å². The predicted molar refractivity (Wildman–Crippen MR) is 114 cm³/mol. The Morgan fingerprint density at radius 3 is 2.59 bits per heavy atom. The molecule has 2 aromatic carbocycles. The van der Waals surface area contributed by atoms with Gasteiger partial charge < -0.3 is 18.9 Å². The number of alkyl halides is 3. The van der Waals surface area contributed by atoms with Gasteiger partial charge in [0, 0.05) is 25.3 Å². The van der Waals surface area contributed by atoms with Crippen LogP contribution in [0.25, 0.3) is 11.0 Å². The van der Waals surface area contributed by atoms with Gasteiger partial charge in [-0.1, -0.05) is 18.2 Å². The van der Waals surface area contributed by atoms with Gasteiger partial charge in [-0.2, -0.15) is 0 Å². The molecule has 6 nitrogen and oxygen atoms in total. The fraction of sp³-hybridized carbons (Fsp3) is 0.391. The van der Waals surface area contributed by atoms with E-state index in [1.807, 2.05) is 4.90 Å². The van der Waals surface area contributed by atoms with Crippen LogP contribution in [0, 0.1) is 6.92 Å². The number of imidazole rings is 1. The number of carbonyl (C=O) groups is 1. The summed E-state index contributed by atoms with van der Waals surface area (Å²) < 4.78 is 53.0. The van der Waals surface area contributed by atoms with Crippen molar-refractivity contribution in [2.24, 2.45) is 0 Å². The fourth-order valence-corrected chi connectivity index (χ4v) is 4.05. The van der Waals surface area contributed by atoms with E-state index in [0.717, 1.165) is 0 Å². The Morgan fingerprint density at radius 2 is 1.94 bits per heavy atom. The van der Waals surface area contributed by atoms with Gasteiger partial charge in [-0.15, -0.1) is 0 Å². The van der Waals surface area contributed by atoms with Crippen molar-refractivity contribution in [1.29, 1.82) is 0 Å². The van der Waals surface area contributed by atoms with Crippen LogP contribution in [0.15, 0.2) is 30.3 Å². The first-order valence-electron chi connectivity index (χ1n) is 10.3. The molecule has 2 heterocycles. The van der Waals surface area contributed by atoms with Crippen LogP contribution >= 0.6 is 0 Å². The molecule has 0 N–H and O–H groups in total. The lowest BCUT2D eigenvalue weighted by Gasteiger charge is -2.29. The maximum atomic E-state index is 14.0. The molecule has 0 spiro atoms. The standard InChI is InChI=1S/C23H24F3N3O3/c1-14-15(12-24)4-3-5-16(14)13-29-19-11-17(28-6-8-32-9-7-28)10-18(23(30)31-2)20(19)27-22(29)21(25)26/h3-5,10-11,21H,6-9,12-13H2,1-2H3. The number of esters is 1. The summed E-state index contributed by atoms with van der Waals surface area (Å²) in [6.07, 6.45) is -2.86. The number of hydrogen-bond donors (Lipinski definition) is 0. The molecule has 0 saturated carbocycles. The number of ether oxygens (including phenoxy) is 2. The number of methoxy groups -OCH3 is 1. The number of halogens is 3. The molecule has 1 aliphatic heterocycles. The number of nitrogens with zero attached hydrogens (tertiary/aromatic N) is 3. The van der Waals surface area contributed by atoms with E-state index in [4.69, 9.17) is 9.47 Å². The quantitative estimate of drug-likeness (QED) is 0.524. The lowest BCUT2D eigenvalue weighted by atomic mass is 10.0. The highest BCUT2D eigenvalue weighted by Crippen LogP contribution is 2.32. The minimum absolute atomic E-state index is 0.0724. The third-order valence-electron chi connectivity index (χ3n) is 5.88. The molecule has 0 unspecified atom stereocenters. The fourth-order valence-electron chi connectivity index (χ4n) is 4.05. The maximum Gasteiger partial charge on any atom is 0.340 e. The van der Waals surface area contributed by atoms with Gasteiger partial charge >= 0.3 is 5.97 Å². The van der Waals surface area contributed by atoms with Crippen LogP contribution in [0.3, 0.4) is 0 Å². The third kappa shape index (κ3) is 4.04. The van der Waals surface area contributed by atoms with Crippen LogP contribution in [0.4, 0.5) is 18.9 Å². The van der Waals surface area contributed by atoms with E-state index in [2.05, 4.69) is 4.98 Å². The Hall–Kier alpha value is -3.07. The van der Waals surface area contributed by atoms with Crippen molar-refractivity contribution >= 4 is 22.7 Å². The van der Waals surface area contributed by atoms with E-state index in [1.54, 1.807) is 37.3 Å². The molecule has 0 amide bonds. The van der Waals surface area contributed by atoms with Gasteiger partial charge in [0.15, 0.2) is 5.82 Å². The zero-order chi connectivity index (χ0) is 22.8. The van der Waals surface area contributed by atoms with Crippen LogP contribution in [0.2, 0.25) is 0 Å². The van der Waals surface area contributed by atoms with Crippen LogP contribution in [0.1, 0.15) is 39.3 Å². The maximum absolute atomic E-state index is 14.0. The molecule has 1 fully saturated rings. The molecule has 32 heavy (non-hydrogen) atoms. The number of carbonyl (C=O) groups excluding carboxylic acids is 1. The summed E-state index contributed by atoms with van der Waals surface area (Å²) >= 11 is 0. The molecule has 170 valence electrons. The van der Waals surface area contributed by atoms with Crippen molar-refractivity contribution in [2.75, 3.05) is 38.3 Å². The van der Waals surface area contributed by atoms with Gasteiger partial charge in [-0.25, -0.2) is 22.9 Å². The zero-order valence-corrected chi connectivity index (χ0v) is 17.9. The number of fused-ring (bicyclic) bond motifs is 1. The van der Waals surface area contributed by atoms with Crippen LogP contribution in [0.5, 0.6) is 0 Å². The number of aromatic nitrogens is 2. The van der Waals surface area contributed by atoms with Crippen molar-refractivity contribution in [3.05, 3.63) is 58.4 Å². The van der Waals surface area contributed by atoms with Crippen LogP contribution in [-0.4, -0.2) is 48.9 Å². The summed E-state index contributed by atoms with van der Waals surface area (Å²) in [5.74, 6) is -1.10. The summed E-state index contributed by atoms with van der Waals surface area (Å²) in [6, 6.07) is 8.55. The first kappa shape index (κ1) is 22.1. The van der Waals surface area contributed by atoms with Crippen LogP contribution < -0.4 is 4.90 Å².